The number of sulfonamides is 1. The molecule has 1 saturated heterocycles. The molecule has 5 rings (SSSR count). The highest BCUT2D eigenvalue weighted by molar-refractivity contribution is 7.89. The van der Waals surface area contributed by atoms with Crippen molar-refractivity contribution in [3.8, 4) is 23.0 Å². The van der Waals surface area contributed by atoms with Crippen LogP contribution < -0.4 is 14.2 Å². The maximum Gasteiger partial charge on any atom is 0.243 e. The number of amidine groups is 1. The number of hydrogen-bond donors (Lipinski definition) is 0. The molecule has 3 aromatic rings. The number of hydrogen-bond acceptors (Lipinski definition) is 7. The molecule has 2 heterocycles. The van der Waals surface area contributed by atoms with Crippen LogP contribution in [0.25, 0.3) is 0 Å². The molecule has 182 valence electrons. The van der Waals surface area contributed by atoms with E-state index in [1.54, 1.807) is 35.7 Å². The van der Waals surface area contributed by atoms with Crippen molar-refractivity contribution in [3.63, 3.8) is 0 Å². The minimum atomic E-state index is -3.68. The minimum absolute atomic E-state index is 0.226. The molecule has 1 atom stereocenters. The van der Waals surface area contributed by atoms with E-state index in [0.717, 1.165) is 17.1 Å². The summed E-state index contributed by atoms with van der Waals surface area (Å²) < 4.78 is 45.2. The summed E-state index contributed by atoms with van der Waals surface area (Å²) in [5, 5.41) is 0. The van der Waals surface area contributed by atoms with Gasteiger partial charge in [0, 0.05) is 37.8 Å². The van der Waals surface area contributed by atoms with E-state index in [-0.39, 0.29) is 10.9 Å². The van der Waals surface area contributed by atoms with Crippen molar-refractivity contribution < 1.29 is 22.6 Å². The first-order valence-corrected chi connectivity index (χ1v) is 12.8. The first kappa shape index (κ1) is 23.2. The van der Waals surface area contributed by atoms with Gasteiger partial charge in [0.25, 0.3) is 0 Å². The average molecular weight is 494 g/mol. The van der Waals surface area contributed by atoms with Gasteiger partial charge in [0.05, 0.1) is 24.7 Å². The summed E-state index contributed by atoms with van der Waals surface area (Å²) in [5.74, 6) is 3.25. The zero-order chi connectivity index (χ0) is 24.6. The van der Waals surface area contributed by atoms with E-state index in [1.165, 1.54) is 7.11 Å². The second kappa shape index (κ2) is 9.24. The van der Waals surface area contributed by atoms with Crippen molar-refractivity contribution in [1.82, 2.24) is 9.21 Å². The molecule has 0 spiro atoms. The van der Waals surface area contributed by atoms with Crippen LogP contribution in [0, 0.1) is 0 Å². The van der Waals surface area contributed by atoms with Crippen molar-refractivity contribution in [2.24, 2.45) is 4.99 Å². The third kappa shape index (κ3) is 4.33. The summed E-state index contributed by atoms with van der Waals surface area (Å²) in [7, 11) is -0.538. The Hall–Kier alpha value is -3.56. The normalized spacial score (nSPS) is 18.0. The largest absolute Gasteiger partial charge is 0.497 e. The molecule has 0 N–H and O–H groups in total. The smallest absolute Gasteiger partial charge is 0.243 e. The van der Waals surface area contributed by atoms with Crippen molar-refractivity contribution in [2.45, 2.75) is 17.9 Å². The molecule has 8 nitrogen and oxygen atoms in total. The lowest BCUT2D eigenvalue weighted by Gasteiger charge is -2.40. The zero-order valence-corrected chi connectivity index (χ0v) is 20.7. The molecule has 0 bridgehead atoms. The monoisotopic (exact) mass is 493 g/mol. The summed E-state index contributed by atoms with van der Waals surface area (Å²) in [6, 6.07) is 19.6. The highest BCUT2D eigenvalue weighted by atomic mass is 32.2. The quantitative estimate of drug-likeness (QED) is 0.540. The standard InChI is InChI=1S/C26H27N3O5S/c1-18-17-28(13-14-29(18)35(30,31)21-8-6-7-19(15-21)32-2)26-22-12-11-20(33-3)16-25(22)34-24-10-5-4-9-23(24)27-26/h4-12,15-16,18H,13-14,17H2,1-3H3/t18-/m0/s1. The molecule has 1 fully saturated rings. The number of piperazine rings is 1. The Labute approximate surface area is 205 Å². The fraction of sp³-hybridized carbons (Fsp3) is 0.269. The number of fused-ring (bicyclic) bond motifs is 2. The van der Waals surface area contributed by atoms with E-state index in [0.29, 0.717) is 42.6 Å². The van der Waals surface area contributed by atoms with Crippen LogP contribution in [-0.2, 0) is 10.0 Å². The molecule has 0 radical (unpaired) electrons. The van der Waals surface area contributed by atoms with Crippen LogP contribution in [0.4, 0.5) is 5.69 Å². The fourth-order valence-electron chi connectivity index (χ4n) is 4.46. The molecule has 9 heteroatoms. The van der Waals surface area contributed by atoms with E-state index in [2.05, 4.69) is 4.90 Å². The van der Waals surface area contributed by atoms with Gasteiger partial charge in [-0.1, -0.05) is 18.2 Å². The van der Waals surface area contributed by atoms with Gasteiger partial charge in [-0.15, -0.1) is 0 Å². The summed E-state index contributed by atoms with van der Waals surface area (Å²) in [5.41, 5.74) is 1.55. The van der Waals surface area contributed by atoms with Gasteiger partial charge < -0.3 is 19.1 Å². The van der Waals surface area contributed by atoms with Crippen molar-refractivity contribution in [3.05, 3.63) is 72.3 Å². The fourth-order valence-corrected chi connectivity index (χ4v) is 6.10. The molecule has 0 saturated carbocycles. The minimum Gasteiger partial charge on any atom is -0.497 e. The average Bonchev–Trinajstić information content (AvgIpc) is 3.04. The van der Waals surface area contributed by atoms with E-state index >= 15 is 0 Å². The van der Waals surface area contributed by atoms with Crippen molar-refractivity contribution >= 4 is 21.5 Å². The number of rotatable bonds is 4. The van der Waals surface area contributed by atoms with Gasteiger partial charge in [0.1, 0.15) is 28.8 Å². The Morgan fingerprint density at radius 2 is 1.69 bits per heavy atom. The topological polar surface area (TPSA) is 80.7 Å². The Morgan fingerprint density at radius 1 is 0.914 bits per heavy atom. The number of para-hydroxylation sites is 2. The Morgan fingerprint density at radius 3 is 2.46 bits per heavy atom. The van der Waals surface area contributed by atoms with Crippen molar-refractivity contribution in [1.29, 1.82) is 0 Å². The first-order valence-electron chi connectivity index (χ1n) is 11.4. The van der Waals surface area contributed by atoms with Gasteiger partial charge in [0.15, 0.2) is 5.75 Å². The lowest BCUT2D eigenvalue weighted by atomic mass is 10.1. The molecule has 0 amide bonds. The third-order valence-corrected chi connectivity index (χ3v) is 8.26. The molecule has 2 aliphatic rings. The second-order valence-corrected chi connectivity index (χ2v) is 10.3. The van der Waals surface area contributed by atoms with Crippen LogP contribution in [0.15, 0.2) is 76.6 Å². The Kier molecular flexibility index (Phi) is 6.12. The molecular weight excluding hydrogens is 466 g/mol. The molecule has 0 unspecified atom stereocenters. The molecule has 0 aliphatic carbocycles. The predicted molar refractivity (Wildman–Crippen MR) is 134 cm³/mol. The number of nitrogens with zero attached hydrogens (tertiary/aromatic N) is 3. The number of aliphatic imine (C=N–C) groups is 1. The predicted octanol–water partition coefficient (Wildman–Crippen LogP) is 4.28. The van der Waals surface area contributed by atoms with Crippen LogP contribution in [-0.4, -0.2) is 63.4 Å². The van der Waals surface area contributed by atoms with E-state index < -0.39 is 10.0 Å². The number of methoxy groups -OCH3 is 2. The van der Waals surface area contributed by atoms with Gasteiger partial charge in [0.2, 0.25) is 10.0 Å². The Bertz CT molecular complexity index is 1390. The maximum absolute atomic E-state index is 13.4. The van der Waals surface area contributed by atoms with Crippen LogP contribution in [0.5, 0.6) is 23.0 Å². The number of benzene rings is 3. The highest BCUT2D eigenvalue weighted by Gasteiger charge is 2.36. The van der Waals surface area contributed by atoms with Gasteiger partial charge in [-0.2, -0.15) is 4.31 Å². The zero-order valence-electron chi connectivity index (χ0n) is 19.8. The van der Waals surface area contributed by atoms with E-state index in [9.17, 15) is 8.42 Å². The van der Waals surface area contributed by atoms with Gasteiger partial charge in [-0.05, 0) is 43.3 Å². The SMILES string of the molecule is COc1cccc(S(=O)(=O)N2CCN(C3=Nc4ccccc4Oc4cc(OC)ccc43)C[C@@H]2C)c1. The van der Waals surface area contributed by atoms with Gasteiger partial charge in [-0.25, -0.2) is 13.4 Å². The van der Waals surface area contributed by atoms with Crippen molar-refractivity contribution in [2.75, 3.05) is 33.9 Å². The first-order chi connectivity index (χ1) is 16.9. The highest BCUT2D eigenvalue weighted by Crippen LogP contribution is 2.40. The molecule has 2 aliphatic heterocycles. The number of ether oxygens (including phenoxy) is 3. The third-order valence-electron chi connectivity index (χ3n) is 6.26. The molecular formula is C26H27N3O5S. The van der Waals surface area contributed by atoms with Crippen LogP contribution in [0.3, 0.4) is 0 Å². The summed E-state index contributed by atoms with van der Waals surface area (Å²) >= 11 is 0. The molecule has 35 heavy (non-hydrogen) atoms. The second-order valence-electron chi connectivity index (χ2n) is 8.46. The van der Waals surface area contributed by atoms with E-state index in [4.69, 9.17) is 19.2 Å². The summed E-state index contributed by atoms with van der Waals surface area (Å²) in [6.07, 6.45) is 0. The van der Waals surface area contributed by atoms with Gasteiger partial charge in [-0.3, -0.25) is 0 Å². The molecule has 3 aromatic carbocycles. The molecule has 0 aromatic heterocycles. The maximum atomic E-state index is 13.4. The summed E-state index contributed by atoms with van der Waals surface area (Å²) in [4.78, 5) is 7.30. The Balaban J connectivity index is 1.47. The van der Waals surface area contributed by atoms with Crippen LogP contribution in [0.1, 0.15) is 12.5 Å². The summed E-state index contributed by atoms with van der Waals surface area (Å²) in [6.45, 7) is 3.21. The van der Waals surface area contributed by atoms with E-state index in [1.807, 2.05) is 49.4 Å². The van der Waals surface area contributed by atoms with Gasteiger partial charge >= 0.3 is 0 Å². The lowest BCUT2D eigenvalue weighted by Crippen LogP contribution is -2.55. The van der Waals surface area contributed by atoms with Crippen LogP contribution in [0.2, 0.25) is 0 Å². The van der Waals surface area contributed by atoms with Crippen LogP contribution >= 0.6 is 0 Å². The lowest BCUT2D eigenvalue weighted by molar-refractivity contribution is 0.205.